The molecule has 0 aliphatic carbocycles. The summed E-state index contributed by atoms with van der Waals surface area (Å²) in [5, 5.41) is 37.0. The van der Waals surface area contributed by atoms with E-state index in [0.717, 1.165) is 55.7 Å². The first-order valence-corrected chi connectivity index (χ1v) is 12.9. The Morgan fingerprint density at radius 2 is 1.17 bits per heavy atom. The fourth-order valence-corrected chi connectivity index (χ4v) is 4.28. The third kappa shape index (κ3) is 10.0. The van der Waals surface area contributed by atoms with Gasteiger partial charge in [0.15, 0.2) is 11.5 Å². The maximum absolute atomic E-state index is 10.2. The molecule has 35 heavy (non-hydrogen) atoms. The van der Waals surface area contributed by atoms with Gasteiger partial charge in [-0.15, -0.1) is 0 Å². The lowest BCUT2D eigenvalue weighted by atomic mass is 9.99. The van der Waals surface area contributed by atoms with Crippen LogP contribution >= 0.6 is 0 Å². The number of hydrogen-bond donors (Lipinski definition) is 5. The lowest BCUT2D eigenvalue weighted by Gasteiger charge is -2.11. The molecular formula is C30H40N2O3. The summed E-state index contributed by atoms with van der Waals surface area (Å²) in [4.78, 5) is 0. The van der Waals surface area contributed by atoms with Crippen molar-refractivity contribution in [3.63, 3.8) is 0 Å². The molecule has 0 spiro atoms. The van der Waals surface area contributed by atoms with E-state index in [1.807, 2.05) is 18.2 Å². The maximum atomic E-state index is 10.2. The third-order valence-corrected chi connectivity index (χ3v) is 6.30. The SMILES string of the molecule is Oc1cccc(CCc2cc(CCNCCCCCCNCCc3ccccc3)cc(O)c2O)c1. The molecular weight excluding hydrogens is 436 g/mol. The summed E-state index contributed by atoms with van der Waals surface area (Å²) in [6, 6.07) is 21.4. The Bertz CT molecular complexity index is 1010. The van der Waals surface area contributed by atoms with Gasteiger partial charge in [0.2, 0.25) is 0 Å². The molecule has 0 aromatic heterocycles. The van der Waals surface area contributed by atoms with Crippen LogP contribution in [0.25, 0.3) is 0 Å². The molecule has 3 aromatic rings. The summed E-state index contributed by atoms with van der Waals surface area (Å²) >= 11 is 0. The molecule has 5 heteroatoms. The number of unbranched alkanes of at least 4 members (excludes halogenated alkanes) is 3. The summed E-state index contributed by atoms with van der Waals surface area (Å²) in [5.41, 5.74) is 4.14. The number of hydrogen-bond acceptors (Lipinski definition) is 5. The average Bonchev–Trinajstić information content (AvgIpc) is 2.86. The van der Waals surface area contributed by atoms with Gasteiger partial charge in [0.05, 0.1) is 0 Å². The molecule has 0 aliphatic rings. The van der Waals surface area contributed by atoms with Crippen LogP contribution in [0.2, 0.25) is 0 Å². The lowest BCUT2D eigenvalue weighted by molar-refractivity contribution is 0.398. The van der Waals surface area contributed by atoms with Crippen LogP contribution in [0, 0.1) is 0 Å². The number of nitrogens with one attached hydrogen (secondary N) is 2. The van der Waals surface area contributed by atoms with Crippen molar-refractivity contribution in [2.45, 2.75) is 51.4 Å². The van der Waals surface area contributed by atoms with Gasteiger partial charge in [-0.1, -0.05) is 61.4 Å². The highest BCUT2D eigenvalue weighted by atomic mass is 16.3. The summed E-state index contributed by atoms with van der Waals surface area (Å²) in [5.74, 6) is 0.132. The third-order valence-electron chi connectivity index (χ3n) is 6.30. The largest absolute Gasteiger partial charge is 0.508 e. The molecule has 0 heterocycles. The first-order chi connectivity index (χ1) is 17.1. The molecule has 0 saturated heterocycles. The Morgan fingerprint density at radius 1 is 0.514 bits per heavy atom. The molecule has 188 valence electrons. The van der Waals surface area contributed by atoms with Crippen molar-refractivity contribution in [1.29, 1.82) is 0 Å². The fraction of sp³-hybridized carbons (Fsp3) is 0.400. The minimum absolute atomic E-state index is 0.0450. The average molecular weight is 477 g/mol. The zero-order valence-electron chi connectivity index (χ0n) is 20.7. The molecule has 0 radical (unpaired) electrons. The Labute approximate surface area is 209 Å². The molecule has 0 amide bonds. The van der Waals surface area contributed by atoms with Gasteiger partial charge < -0.3 is 26.0 Å². The highest BCUT2D eigenvalue weighted by Gasteiger charge is 2.10. The van der Waals surface area contributed by atoms with Crippen molar-refractivity contribution in [3.8, 4) is 17.2 Å². The quantitative estimate of drug-likeness (QED) is 0.146. The zero-order chi connectivity index (χ0) is 24.7. The number of aromatic hydroxyl groups is 3. The molecule has 0 saturated carbocycles. The van der Waals surface area contributed by atoms with Gasteiger partial charge >= 0.3 is 0 Å². The number of phenolic OH excluding ortho intramolecular Hbond substituents is 3. The van der Waals surface area contributed by atoms with Crippen molar-refractivity contribution in [2.75, 3.05) is 26.2 Å². The van der Waals surface area contributed by atoms with Gasteiger partial charge in [-0.05, 0) is 105 Å². The standard InChI is InChI=1S/C30H40N2O3/c33-28-12-8-11-25(22-28)13-14-27-21-26(23-29(34)30(27)35)16-20-32-18-7-2-1-6-17-31-19-15-24-9-4-3-5-10-24/h3-5,8-12,21-23,31-35H,1-2,6-7,13-20H2. The van der Waals surface area contributed by atoms with E-state index in [1.165, 1.54) is 31.2 Å². The van der Waals surface area contributed by atoms with Crippen LogP contribution in [0.5, 0.6) is 17.2 Å². The molecule has 0 fully saturated rings. The van der Waals surface area contributed by atoms with Gasteiger partial charge in [-0.2, -0.15) is 0 Å². The minimum Gasteiger partial charge on any atom is -0.508 e. The molecule has 0 aliphatic heterocycles. The van der Waals surface area contributed by atoms with Gasteiger partial charge in [-0.25, -0.2) is 0 Å². The molecule has 5 N–H and O–H groups in total. The second-order valence-electron chi connectivity index (χ2n) is 9.19. The monoisotopic (exact) mass is 476 g/mol. The number of rotatable bonds is 16. The van der Waals surface area contributed by atoms with Crippen molar-refractivity contribution in [3.05, 3.63) is 89.0 Å². The predicted octanol–water partition coefficient (Wildman–Crippen LogP) is 5.11. The Kier molecular flexibility index (Phi) is 11.4. The molecule has 0 atom stereocenters. The summed E-state index contributed by atoms with van der Waals surface area (Å²) in [6.45, 7) is 3.96. The molecule has 3 aromatic carbocycles. The summed E-state index contributed by atoms with van der Waals surface area (Å²) < 4.78 is 0. The molecule has 0 unspecified atom stereocenters. The van der Waals surface area contributed by atoms with Crippen LogP contribution in [0.3, 0.4) is 0 Å². The van der Waals surface area contributed by atoms with Gasteiger partial charge in [0.25, 0.3) is 0 Å². The van der Waals surface area contributed by atoms with E-state index in [0.29, 0.717) is 12.8 Å². The Morgan fingerprint density at radius 3 is 1.86 bits per heavy atom. The Hall–Kier alpha value is -3.02. The first-order valence-electron chi connectivity index (χ1n) is 12.9. The maximum Gasteiger partial charge on any atom is 0.160 e. The zero-order valence-corrected chi connectivity index (χ0v) is 20.7. The summed E-state index contributed by atoms with van der Waals surface area (Å²) in [7, 11) is 0. The van der Waals surface area contributed by atoms with Crippen molar-refractivity contribution < 1.29 is 15.3 Å². The van der Waals surface area contributed by atoms with Crippen LogP contribution in [-0.2, 0) is 25.7 Å². The smallest absolute Gasteiger partial charge is 0.160 e. The van der Waals surface area contributed by atoms with Crippen LogP contribution in [0.4, 0.5) is 0 Å². The van der Waals surface area contributed by atoms with E-state index in [1.54, 1.807) is 18.2 Å². The fourth-order valence-electron chi connectivity index (χ4n) is 4.28. The first kappa shape index (κ1) is 26.6. The second kappa shape index (κ2) is 15.1. The number of aryl methyl sites for hydroxylation is 2. The van der Waals surface area contributed by atoms with E-state index in [2.05, 4.69) is 41.0 Å². The van der Waals surface area contributed by atoms with Crippen LogP contribution in [0.15, 0.2) is 66.7 Å². The topological polar surface area (TPSA) is 84.8 Å². The molecule has 5 nitrogen and oxygen atoms in total. The number of phenols is 3. The minimum atomic E-state index is -0.0641. The van der Waals surface area contributed by atoms with E-state index in [4.69, 9.17) is 0 Å². The van der Waals surface area contributed by atoms with E-state index in [9.17, 15) is 15.3 Å². The Balaban J connectivity index is 1.24. The molecule has 0 bridgehead atoms. The predicted molar refractivity (Wildman–Crippen MR) is 143 cm³/mol. The highest BCUT2D eigenvalue weighted by Crippen LogP contribution is 2.31. The van der Waals surface area contributed by atoms with E-state index < -0.39 is 0 Å². The van der Waals surface area contributed by atoms with E-state index >= 15 is 0 Å². The van der Waals surface area contributed by atoms with E-state index in [-0.39, 0.29) is 17.2 Å². The normalized spacial score (nSPS) is 11.1. The van der Waals surface area contributed by atoms with Crippen molar-refractivity contribution >= 4 is 0 Å². The number of benzene rings is 3. The summed E-state index contributed by atoms with van der Waals surface area (Å²) in [6.07, 6.45) is 8.03. The molecule has 3 rings (SSSR count). The highest BCUT2D eigenvalue weighted by molar-refractivity contribution is 5.48. The second-order valence-corrected chi connectivity index (χ2v) is 9.19. The van der Waals surface area contributed by atoms with Gasteiger partial charge in [-0.3, -0.25) is 0 Å². The van der Waals surface area contributed by atoms with Gasteiger partial charge in [0.1, 0.15) is 5.75 Å². The van der Waals surface area contributed by atoms with Crippen molar-refractivity contribution in [1.82, 2.24) is 10.6 Å². The van der Waals surface area contributed by atoms with Crippen LogP contribution in [-0.4, -0.2) is 41.5 Å². The van der Waals surface area contributed by atoms with Gasteiger partial charge in [0, 0.05) is 0 Å². The van der Waals surface area contributed by atoms with Crippen LogP contribution in [0.1, 0.15) is 47.9 Å². The van der Waals surface area contributed by atoms with Crippen LogP contribution < -0.4 is 10.6 Å². The van der Waals surface area contributed by atoms with Crippen molar-refractivity contribution in [2.24, 2.45) is 0 Å². The lowest BCUT2D eigenvalue weighted by Crippen LogP contribution is -2.19.